The van der Waals surface area contributed by atoms with E-state index in [0.29, 0.717) is 5.56 Å². The minimum Gasteiger partial charge on any atom is -0.493 e. The van der Waals surface area contributed by atoms with Crippen LogP contribution in [0.4, 0.5) is 5.69 Å². The molecule has 4 rings (SSSR count). The molecule has 0 radical (unpaired) electrons. The Labute approximate surface area is 219 Å². The van der Waals surface area contributed by atoms with Gasteiger partial charge in [0.15, 0.2) is 15.8 Å². The summed E-state index contributed by atoms with van der Waals surface area (Å²) < 4.78 is 37.4. The maximum absolute atomic E-state index is 12.6. The Hall–Kier alpha value is -4.01. The van der Waals surface area contributed by atoms with E-state index >= 15 is 0 Å². The predicted molar refractivity (Wildman–Crippen MR) is 140 cm³/mol. The van der Waals surface area contributed by atoms with Gasteiger partial charge in [0, 0.05) is 12.1 Å². The number of thioether (sulfide) groups is 1. The Bertz CT molecular complexity index is 1570. The summed E-state index contributed by atoms with van der Waals surface area (Å²) in [7, 11) is -3.04. The molecule has 0 saturated carbocycles. The molecule has 3 aromatic carbocycles. The fourth-order valence-electron chi connectivity index (χ4n) is 3.00. The molecule has 1 amide bonds. The summed E-state index contributed by atoms with van der Waals surface area (Å²) in [5.74, 6) is -0.239. The maximum atomic E-state index is 12.6. The molecule has 4 aromatic rings. The van der Waals surface area contributed by atoms with Crippen LogP contribution in [-0.2, 0) is 14.9 Å². The third-order valence-corrected chi connectivity index (χ3v) is 8.12. The van der Waals surface area contributed by atoms with E-state index in [1.54, 1.807) is 0 Å². The van der Waals surface area contributed by atoms with Gasteiger partial charge in [0.25, 0.3) is 11.6 Å². The summed E-state index contributed by atoms with van der Waals surface area (Å²) in [5, 5.41) is 14.9. The normalized spacial score (nSPS) is 11.5. The van der Waals surface area contributed by atoms with Crippen molar-refractivity contribution in [3.8, 4) is 11.5 Å². The van der Waals surface area contributed by atoms with E-state index in [2.05, 4.69) is 15.5 Å². The largest absolute Gasteiger partial charge is 0.493 e. The first-order valence-corrected chi connectivity index (χ1v) is 13.6. The summed E-state index contributed by atoms with van der Waals surface area (Å²) in [6, 6.07) is 16.5. The number of thiazole rings is 1. The molecule has 1 aromatic heterocycles. The Morgan fingerprint density at radius 2 is 1.97 bits per heavy atom. The highest BCUT2D eigenvalue weighted by Crippen LogP contribution is 2.31. The summed E-state index contributed by atoms with van der Waals surface area (Å²) in [6.45, 7) is 0. The highest BCUT2D eigenvalue weighted by atomic mass is 32.2. The SMILES string of the molecule is COc1cc(/C=N\NC(=O)CSc2nc3ccccc3s2)ccc1OS(=O)(=O)c1cccc([N+](=O)[O-])c1. The molecule has 37 heavy (non-hydrogen) atoms. The zero-order valence-electron chi connectivity index (χ0n) is 19.1. The molecular formula is C23H18N4O7S3. The van der Waals surface area contributed by atoms with Gasteiger partial charge in [-0.25, -0.2) is 10.4 Å². The van der Waals surface area contributed by atoms with Crippen LogP contribution in [0.15, 0.2) is 81.1 Å². The molecule has 14 heteroatoms. The van der Waals surface area contributed by atoms with E-state index in [9.17, 15) is 23.3 Å². The molecule has 11 nitrogen and oxygen atoms in total. The van der Waals surface area contributed by atoms with E-state index in [1.807, 2.05) is 24.3 Å². The van der Waals surface area contributed by atoms with Crippen LogP contribution < -0.4 is 14.3 Å². The zero-order chi connectivity index (χ0) is 26.4. The van der Waals surface area contributed by atoms with Crippen molar-refractivity contribution in [1.29, 1.82) is 0 Å². The third-order valence-electron chi connectivity index (χ3n) is 4.71. The van der Waals surface area contributed by atoms with Gasteiger partial charge in [-0.1, -0.05) is 30.0 Å². The van der Waals surface area contributed by atoms with Crippen LogP contribution in [0.25, 0.3) is 10.2 Å². The zero-order valence-corrected chi connectivity index (χ0v) is 21.5. The molecule has 0 unspecified atom stereocenters. The van der Waals surface area contributed by atoms with E-state index < -0.39 is 15.0 Å². The Balaban J connectivity index is 1.37. The van der Waals surface area contributed by atoms with Crippen LogP contribution in [0.2, 0.25) is 0 Å². The topological polar surface area (TPSA) is 150 Å². The highest BCUT2D eigenvalue weighted by Gasteiger charge is 2.22. The predicted octanol–water partition coefficient (Wildman–Crippen LogP) is 4.22. The number of ether oxygens (including phenoxy) is 1. The van der Waals surface area contributed by atoms with E-state index in [-0.39, 0.29) is 33.7 Å². The summed E-state index contributed by atoms with van der Waals surface area (Å²) in [6.07, 6.45) is 1.36. The quantitative estimate of drug-likeness (QED) is 0.0992. The first kappa shape index (κ1) is 26.1. The van der Waals surface area contributed by atoms with Gasteiger partial charge in [-0.15, -0.1) is 11.3 Å². The summed E-state index contributed by atoms with van der Waals surface area (Å²) >= 11 is 2.81. The Morgan fingerprint density at radius 3 is 2.73 bits per heavy atom. The number of carbonyl (C=O) groups excluding carboxylic acids is 1. The summed E-state index contributed by atoms with van der Waals surface area (Å²) in [5.41, 5.74) is 3.42. The van der Waals surface area contributed by atoms with Crippen molar-refractivity contribution < 1.29 is 27.1 Å². The second-order valence-corrected chi connectivity index (χ2v) is 11.0. The van der Waals surface area contributed by atoms with Crippen molar-refractivity contribution >= 4 is 61.2 Å². The lowest BCUT2D eigenvalue weighted by Crippen LogP contribution is -2.19. The number of fused-ring (bicyclic) bond motifs is 1. The fraction of sp³-hybridized carbons (Fsp3) is 0.0870. The number of hydrazone groups is 1. The molecule has 0 aliphatic rings. The van der Waals surface area contributed by atoms with Gasteiger partial charge in [0.1, 0.15) is 4.90 Å². The number of aromatic nitrogens is 1. The van der Waals surface area contributed by atoms with Crippen LogP contribution in [0, 0.1) is 10.1 Å². The minimum absolute atomic E-state index is 0.0793. The number of rotatable bonds is 10. The van der Waals surface area contributed by atoms with Crippen molar-refractivity contribution in [2.45, 2.75) is 9.24 Å². The van der Waals surface area contributed by atoms with Crippen LogP contribution in [-0.4, -0.2) is 43.3 Å². The summed E-state index contributed by atoms with van der Waals surface area (Å²) in [4.78, 5) is 26.5. The first-order valence-electron chi connectivity index (χ1n) is 10.4. The van der Waals surface area contributed by atoms with Gasteiger partial charge in [0.05, 0.1) is 34.2 Å². The first-order chi connectivity index (χ1) is 17.7. The van der Waals surface area contributed by atoms with E-state index in [4.69, 9.17) is 8.92 Å². The average Bonchev–Trinajstić information content (AvgIpc) is 3.31. The van der Waals surface area contributed by atoms with Crippen molar-refractivity contribution in [3.05, 3.63) is 82.4 Å². The number of carbonyl (C=O) groups is 1. The number of para-hydroxylation sites is 1. The van der Waals surface area contributed by atoms with Gasteiger partial charge in [-0.05, 0) is 42.0 Å². The fourth-order valence-corrected chi connectivity index (χ4v) is 5.84. The number of nitro groups is 1. The number of hydrogen-bond donors (Lipinski definition) is 1. The van der Waals surface area contributed by atoms with Crippen LogP contribution >= 0.6 is 23.1 Å². The van der Waals surface area contributed by atoms with Gasteiger partial charge < -0.3 is 8.92 Å². The van der Waals surface area contributed by atoms with Crippen molar-refractivity contribution in [1.82, 2.24) is 10.4 Å². The number of nitro benzene ring substituents is 1. The Morgan fingerprint density at radius 1 is 1.16 bits per heavy atom. The van der Waals surface area contributed by atoms with E-state index in [1.165, 1.54) is 72.8 Å². The number of amides is 1. The van der Waals surface area contributed by atoms with Crippen molar-refractivity contribution in [3.63, 3.8) is 0 Å². The standard InChI is InChI=1S/C23H18N4O7S3/c1-33-20-11-15(9-10-19(20)34-37(31,32)17-6-4-5-16(12-17)27(29)30)13-24-26-22(28)14-35-23-25-18-7-2-3-8-21(18)36-23/h2-13H,14H2,1H3,(H,26,28)/b24-13-. The molecule has 0 spiro atoms. The monoisotopic (exact) mass is 558 g/mol. The van der Waals surface area contributed by atoms with Crippen molar-refractivity contribution in [2.75, 3.05) is 12.9 Å². The minimum atomic E-state index is -4.36. The number of methoxy groups -OCH3 is 1. The molecule has 0 atom stereocenters. The van der Waals surface area contributed by atoms with Gasteiger partial charge >= 0.3 is 10.1 Å². The third kappa shape index (κ3) is 6.61. The molecular weight excluding hydrogens is 540 g/mol. The van der Waals surface area contributed by atoms with Crippen LogP contribution in [0.5, 0.6) is 11.5 Å². The van der Waals surface area contributed by atoms with E-state index in [0.717, 1.165) is 20.6 Å². The number of non-ortho nitro benzene ring substituents is 1. The molecule has 190 valence electrons. The number of hydrogen-bond acceptors (Lipinski definition) is 11. The molecule has 1 heterocycles. The molecule has 0 fully saturated rings. The number of nitrogens with one attached hydrogen (secondary N) is 1. The average molecular weight is 559 g/mol. The number of nitrogens with zero attached hydrogens (tertiary/aromatic N) is 3. The van der Waals surface area contributed by atoms with Crippen molar-refractivity contribution in [2.24, 2.45) is 5.10 Å². The smallest absolute Gasteiger partial charge is 0.339 e. The maximum Gasteiger partial charge on any atom is 0.339 e. The lowest BCUT2D eigenvalue weighted by Gasteiger charge is -2.11. The molecule has 1 N–H and O–H groups in total. The Kier molecular flexibility index (Phi) is 8.01. The van der Waals surface area contributed by atoms with Crippen LogP contribution in [0.3, 0.4) is 0 Å². The molecule has 0 aliphatic carbocycles. The second kappa shape index (κ2) is 11.4. The van der Waals surface area contributed by atoms with Crippen LogP contribution in [0.1, 0.15) is 5.56 Å². The lowest BCUT2D eigenvalue weighted by molar-refractivity contribution is -0.385. The van der Waals surface area contributed by atoms with Gasteiger partial charge in [0.2, 0.25) is 0 Å². The lowest BCUT2D eigenvalue weighted by atomic mass is 10.2. The number of benzene rings is 3. The van der Waals surface area contributed by atoms with Gasteiger partial charge in [-0.2, -0.15) is 13.5 Å². The highest BCUT2D eigenvalue weighted by molar-refractivity contribution is 8.01. The molecule has 0 saturated heterocycles. The van der Waals surface area contributed by atoms with Gasteiger partial charge in [-0.3, -0.25) is 14.9 Å². The molecule has 0 aliphatic heterocycles. The molecule has 0 bridgehead atoms. The second-order valence-electron chi connectivity index (χ2n) is 7.23.